The summed E-state index contributed by atoms with van der Waals surface area (Å²) in [5, 5.41) is 16.5. The maximum atomic E-state index is 10.7. The first-order valence-corrected chi connectivity index (χ1v) is 7.14. The number of thioether (sulfide) groups is 1. The van der Waals surface area contributed by atoms with E-state index in [0.717, 1.165) is 5.75 Å². The zero-order valence-electron chi connectivity index (χ0n) is 11.7. The highest BCUT2D eigenvalue weighted by Crippen LogP contribution is 2.01. The molecule has 0 aromatic rings. The summed E-state index contributed by atoms with van der Waals surface area (Å²) in [6.07, 6.45) is 5.34. The van der Waals surface area contributed by atoms with E-state index >= 15 is 0 Å². The second kappa shape index (κ2) is 15.5. The number of carboxylic acids is 1. The van der Waals surface area contributed by atoms with Gasteiger partial charge >= 0.3 is 11.9 Å². The summed E-state index contributed by atoms with van der Waals surface area (Å²) in [5.41, 5.74) is 0.360. The van der Waals surface area contributed by atoms with Crippen LogP contribution in [-0.4, -0.2) is 40.3 Å². The van der Waals surface area contributed by atoms with Gasteiger partial charge in [-0.05, 0) is 19.4 Å². The van der Waals surface area contributed by atoms with Crippen molar-refractivity contribution in [1.29, 1.82) is 0 Å². The van der Waals surface area contributed by atoms with Gasteiger partial charge in [0.2, 0.25) is 0 Å². The van der Waals surface area contributed by atoms with Crippen LogP contribution in [0.15, 0.2) is 37.1 Å². The second-order valence-electron chi connectivity index (χ2n) is 3.58. The van der Waals surface area contributed by atoms with Crippen molar-refractivity contribution in [2.75, 3.05) is 18.1 Å². The van der Waals surface area contributed by atoms with Crippen molar-refractivity contribution < 1.29 is 24.5 Å². The van der Waals surface area contributed by atoms with Crippen molar-refractivity contribution in [2.24, 2.45) is 0 Å². The molecule has 0 saturated carbocycles. The van der Waals surface area contributed by atoms with Crippen LogP contribution in [0.25, 0.3) is 0 Å². The molecule has 5 nitrogen and oxygen atoms in total. The first-order chi connectivity index (χ1) is 9.45. The Morgan fingerprint density at radius 2 is 2.05 bits per heavy atom. The molecule has 0 aromatic carbocycles. The van der Waals surface area contributed by atoms with E-state index < -0.39 is 11.9 Å². The molecule has 0 unspecified atom stereocenters. The molecular formula is C14H22O5S. The Hall–Kier alpha value is -1.53. The van der Waals surface area contributed by atoms with Gasteiger partial charge in [0.05, 0.1) is 12.7 Å². The van der Waals surface area contributed by atoms with Crippen LogP contribution in [0, 0.1) is 0 Å². The van der Waals surface area contributed by atoms with E-state index in [1.165, 1.54) is 6.26 Å². The normalized spacial score (nSPS) is 9.50. The fourth-order valence-electron chi connectivity index (χ4n) is 0.679. The molecule has 0 saturated heterocycles. The van der Waals surface area contributed by atoms with Gasteiger partial charge in [-0.3, -0.25) is 4.79 Å². The molecule has 114 valence electrons. The number of aliphatic hydroxyl groups is 1. The van der Waals surface area contributed by atoms with Crippen molar-refractivity contribution in [2.45, 2.75) is 19.8 Å². The largest absolute Gasteiger partial charge is 0.481 e. The Morgan fingerprint density at radius 3 is 2.50 bits per heavy atom. The number of rotatable bonds is 9. The maximum Gasteiger partial charge on any atom is 0.337 e. The Labute approximate surface area is 124 Å². The average molecular weight is 302 g/mol. The minimum absolute atomic E-state index is 0.0567. The van der Waals surface area contributed by atoms with Crippen molar-refractivity contribution in [3.8, 4) is 0 Å². The third-order valence-corrected chi connectivity index (χ3v) is 2.58. The number of carbonyl (C=O) groups excluding carboxylic acids is 1. The highest BCUT2D eigenvalue weighted by Gasteiger charge is 1.98. The smallest absolute Gasteiger partial charge is 0.337 e. The molecule has 0 fully saturated rings. The van der Waals surface area contributed by atoms with Crippen molar-refractivity contribution >= 4 is 23.7 Å². The third-order valence-electron chi connectivity index (χ3n) is 1.61. The molecule has 0 aliphatic rings. The molecule has 2 N–H and O–H groups in total. The predicted octanol–water partition coefficient (Wildman–Crippen LogP) is 2.38. The molecule has 0 spiro atoms. The zero-order valence-corrected chi connectivity index (χ0v) is 12.5. The van der Waals surface area contributed by atoms with E-state index in [9.17, 15) is 9.59 Å². The van der Waals surface area contributed by atoms with Gasteiger partial charge in [0.1, 0.15) is 0 Å². The number of hydrogen-bond donors (Lipinski definition) is 2. The van der Waals surface area contributed by atoms with E-state index in [-0.39, 0.29) is 13.0 Å². The first-order valence-electron chi connectivity index (χ1n) is 5.98. The Balaban J connectivity index is 0. The molecule has 0 rings (SSSR count). The molecule has 0 aromatic heterocycles. The number of ether oxygens (including phenoxy) is 1. The number of aliphatic hydroxyl groups excluding tert-OH is 1. The predicted molar refractivity (Wildman–Crippen MR) is 81.5 cm³/mol. The monoisotopic (exact) mass is 302 g/mol. The van der Waals surface area contributed by atoms with Crippen LogP contribution >= 0.6 is 11.8 Å². The van der Waals surface area contributed by atoms with Gasteiger partial charge in [0.25, 0.3) is 0 Å². The molecule has 0 atom stereocenters. The quantitative estimate of drug-likeness (QED) is 0.224. The number of carbonyl (C=O) groups is 2. The maximum absolute atomic E-state index is 10.7. The summed E-state index contributed by atoms with van der Waals surface area (Å²) < 4.78 is 4.58. The summed E-state index contributed by atoms with van der Waals surface area (Å²) in [5.74, 6) is 0.347. The minimum Gasteiger partial charge on any atom is -0.481 e. The molecule has 0 bridgehead atoms. The number of hydrogen-bond acceptors (Lipinski definition) is 5. The minimum atomic E-state index is -0.730. The summed E-state index contributed by atoms with van der Waals surface area (Å²) in [7, 11) is 0. The highest BCUT2D eigenvalue weighted by atomic mass is 32.2. The van der Waals surface area contributed by atoms with Gasteiger partial charge in [-0.1, -0.05) is 12.7 Å². The van der Waals surface area contributed by atoms with E-state index in [2.05, 4.69) is 17.9 Å². The molecular weight excluding hydrogens is 280 g/mol. The number of aliphatic carboxylic acids is 1. The van der Waals surface area contributed by atoms with Crippen LogP contribution in [0.5, 0.6) is 0 Å². The van der Waals surface area contributed by atoms with Crippen molar-refractivity contribution in [3.05, 3.63) is 37.1 Å². The molecule has 0 amide bonds. The molecule has 0 aliphatic carbocycles. The van der Waals surface area contributed by atoms with Gasteiger partial charge in [-0.15, -0.1) is 6.58 Å². The van der Waals surface area contributed by atoms with Crippen LogP contribution in [-0.2, 0) is 14.3 Å². The Kier molecular flexibility index (Phi) is 16.1. The Morgan fingerprint density at radius 1 is 1.40 bits per heavy atom. The van der Waals surface area contributed by atoms with Gasteiger partial charge in [0, 0.05) is 23.7 Å². The van der Waals surface area contributed by atoms with E-state index in [4.69, 9.17) is 10.2 Å². The van der Waals surface area contributed by atoms with Gasteiger partial charge in [0.15, 0.2) is 0 Å². The van der Waals surface area contributed by atoms with Gasteiger partial charge in [-0.25, -0.2) is 4.79 Å². The van der Waals surface area contributed by atoms with Crippen LogP contribution in [0.4, 0.5) is 0 Å². The average Bonchev–Trinajstić information content (AvgIpc) is 2.40. The molecule has 0 radical (unpaired) electrons. The van der Waals surface area contributed by atoms with Gasteiger partial charge < -0.3 is 14.9 Å². The molecule has 0 heterocycles. The second-order valence-corrected chi connectivity index (χ2v) is 4.73. The SMILES string of the molecule is C=C(C)C(=O)OC=CCCO.C=CCSCCC(=O)O. The lowest BCUT2D eigenvalue weighted by Gasteiger charge is -1.94. The summed E-state index contributed by atoms with van der Waals surface area (Å²) in [6.45, 7) is 8.53. The Bertz CT molecular complexity index is 336. The standard InChI is InChI=1S/C8H12O3.C6H10O2S/c1-7(2)8(10)11-6-4-3-5-9;1-2-4-9-5-3-6(7)8/h4,6,9H,1,3,5H2,2H3;2H,1,3-5H2,(H,7,8). The van der Waals surface area contributed by atoms with Crippen LogP contribution in [0.3, 0.4) is 0 Å². The van der Waals surface area contributed by atoms with Gasteiger partial charge in [-0.2, -0.15) is 11.8 Å². The zero-order chi connectivity index (χ0) is 15.8. The van der Waals surface area contributed by atoms with Crippen LogP contribution in [0.2, 0.25) is 0 Å². The fraction of sp³-hybridized carbons (Fsp3) is 0.429. The lowest BCUT2D eigenvalue weighted by atomic mass is 10.4. The highest BCUT2D eigenvalue weighted by molar-refractivity contribution is 7.99. The molecule has 6 heteroatoms. The molecule has 20 heavy (non-hydrogen) atoms. The first kappa shape index (κ1) is 20.8. The van der Waals surface area contributed by atoms with E-state index in [1.807, 2.05) is 0 Å². The van der Waals surface area contributed by atoms with Crippen LogP contribution < -0.4 is 0 Å². The summed E-state index contributed by atoms with van der Waals surface area (Å²) >= 11 is 1.58. The topological polar surface area (TPSA) is 83.8 Å². The van der Waals surface area contributed by atoms with E-state index in [0.29, 0.717) is 17.7 Å². The van der Waals surface area contributed by atoms with Crippen LogP contribution in [0.1, 0.15) is 19.8 Å². The lowest BCUT2D eigenvalue weighted by molar-refractivity contribution is -0.136. The molecule has 0 aliphatic heterocycles. The van der Waals surface area contributed by atoms with Crippen molar-refractivity contribution in [1.82, 2.24) is 0 Å². The summed E-state index contributed by atoms with van der Waals surface area (Å²) in [6, 6.07) is 0. The number of carboxylic acid groups (broad SMARTS) is 1. The third kappa shape index (κ3) is 18.8. The van der Waals surface area contributed by atoms with E-state index in [1.54, 1.807) is 30.8 Å². The fourth-order valence-corrected chi connectivity index (χ4v) is 1.33. The number of esters is 1. The summed E-state index contributed by atoms with van der Waals surface area (Å²) in [4.78, 5) is 20.6. The lowest BCUT2D eigenvalue weighted by Crippen LogP contribution is -1.98. The van der Waals surface area contributed by atoms with Crippen molar-refractivity contribution in [3.63, 3.8) is 0 Å².